The molecule has 0 radical (unpaired) electrons. The van der Waals surface area contributed by atoms with E-state index in [-0.39, 0.29) is 22.5 Å². The summed E-state index contributed by atoms with van der Waals surface area (Å²) >= 11 is 0. The van der Waals surface area contributed by atoms with Crippen LogP contribution in [0.15, 0.2) is 78.9 Å². The number of methoxy groups -OCH3 is 2. The molecule has 0 aliphatic rings. The Morgan fingerprint density at radius 2 is 1.14 bits per heavy atom. The van der Waals surface area contributed by atoms with Gasteiger partial charge in [0, 0.05) is 12.2 Å². The van der Waals surface area contributed by atoms with Crippen LogP contribution in [0, 0.1) is 0 Å². The summed E-state index contributed by atoms with van der Waals surface area (Å²) in [5.41, 5.74) is 2.32. The standard InChI is InChI=1S/C40H55NO7Si2/c1-39(2,3)49(9,10)47-32-20-13-29(14-21-32)17-25-37(42)41-28-36(31-19-24-34(44-7)35(27-31)45-8)46-38(43)26-18-30-15-22-33(23-16-30)48-50(11,12)40(4,5)6/h13-27,36H,28H2,1-12H3,(H,41,42)/b25-17+,26-18+. The fraction of sp³-hybridized carbons (Fsp3) is 0.400. The van der Waals surface area contributed by atoms with Crippen molar-refractivity contribution in [2.24, 2.45) is 0 Å². The second kappa shape index (κ2) is 16.6. The van der Waals surface area contributed by atoms with Gasteiger partial charge in [-0.1, -0.05) is 71.9 Å². The molecule has 1 atom stereocenters. The van der Waals surface area contributed by atoms with Gasteiger partial charge < -0.3 is 28.4 Å². The second-order valence-corrected chi connectivity index (χ2v) is 24.8. The van der Waals surface area contributed by atoms with Gasteiger partial charge in [-0.25, -0.2) is 4.79 Å². The summed E-state index contributed by atoms with van der Waals surface area (Å²) in [6.45, 7) is 22.1. The zero-order chi connectivity index (χ0) is 37.3. The van der Waals surface area contributed by atoms with E-state index in [0.717, 1.165) is 22.6 Å². The maximum Gasteiger partial charge on any atom is 0.331 e. The Kier molecular flexibility index (Phi) is 13.3. The lowest BCUT2D eigenvalue weighted by Gasteiger charge is -2.36. The number of ether oxygens (including phenoxy) is 3. The molecule has 1 amide bonds. The molecule has 0 saturated heterocycles. The molecular formula is C40H55NO7Si2. The lowest BCUT2D eigenvalue weighted by atomic mass is 10.1. The van der Waals surface area contributed by atoms with Gasteiger partial charge in [0.2, 0.25) is 22.5 Å². The third kappa shape index (κ3) is 11.4. The van der Waals surface area contributed by atoms with E-state index in [1.165, 1.54) is 19.3 Å². The summed E-state index contributed by atoms with van der Waals surface area (Å²) in [5, 5.41) is 3.04. The van der Waals surface area contributed by atoms with E-state index in [1.54, 1.807) is 37.5 Å². The predicted molar refractivity (Wildman–Crippen MR) is 208 cm³/mol. The average Bonchev–Trinajstić information content (AvgIpc) is 3.04. The zero-order valence-electron chi connectivity index (χ0n) is 31.8. The molecule has 0 aliphatic heterocycles. The summed E-state index contributed by atoms with van der Waals surface area (Å²) in [4.78, 5) is 25.9. The van der Waals surface area contributed by atoms with E-state index >= 15 is 0 Å². The molecule has 1 N–H and O–H groups in total. The number of benzene rings is 3. The van der Waals surface area contributed by atoms with Crippen LogP contribution in [-0.2, 0) is 14.3 Å². The molecule has 0 fully saturated rings. The quantitative estimate of drug-likeness (QED) is 0.101. The molecule has 0 bridgehead atoms. The van der Waals surface area contributed by atoms with Crippen LogP contribution >= 0.6 is 0 Å². The topological polar surface area (TPSA) is 92.3 Å². The molecule has 3 aromatic rings. The normalized spacial score (nSPS) is 13.2. The number of esters is 1. The van der Waals surface area contributed by atoms with Crippen LogP contribution in [0.25, 0.3) is 12.2 Å². The highest BCUT2D eigenvalue weighted by atomic mass is 28.4. The molecule has 0 aliphatic carbocycles. The molecule has 0 aromatic heterocycles. The van der Waals surface area contributed by atoms with Crippen molar-refractivity contribution in [2.75, 3.05) is 20.8 Å². The number of amides is 1. The molecule has 10 heteroatoms. The van der Waals surface area contributed by atoms with Gasteiger partial charge in [-0.05, 0) is 102 Å². The highest BCUT2D eigenvalue weighted by molar-refractivity contribution is 6.75. The van der Waals surface area contributed by atoms with E-state index in [0.29, 0.717) is 17.1 Å². The maximum absolute atomic E-state index is 13.0. The van der Waals surface area contributed by atoms with E-state index < -0.39 is 28.7 Å². The second-order valence-electron chi connectivity index (χ2n) is 15.3. The van der Waals surface area contributed by atoms with Crippen molar-refractivity contribution in [3.63, 3.8) is 0 Å². The van der Waals surface area contributed by atoms with E-state index in [9.17, 15) is 9.59 Å². The minimum atomic E-state index is -1.96. The lowest BCUT2D eigenvalue weighted by Crippen LogP contribution is -2.43. The van der Waals surface area contributed by atoms with E-state index in [2.05, 4.69) is 73.0 Å². The first-order valence-electron chi connectivity index (χ1n) is 16.9. The molecule has 8 nitrogen and oxygen atoms in total. The summed E-state index contributed by atoms with van der Waals surface area (Å²) < 4.78 is 29.4. The highest BCUT2D eigenvalue weighted by Crippen LogP contribution is 2.38. The van der Waals surface area contributed by atoms with Crippen LogP contribution in [0.5, 0.6) is 23.0 Å². The number of hydrogen-bond donors (Lipinski definition) is 1. The molecular weight excluding hydrogens is 663 g/mol. The van der Waals surface area contributed by atoms with Crippen molar-refractivity contribution < 1.29 is 32.7 Å². The molecule has 3 aromatic carbocycles. The third-order valence-electron chi connectivity index (χ3n) is 9.46. The van der Waals surface area contributed by atoms with Crippen molar-refractivity contribution in [3.8, 4) is 23.0 Å². The minimum Gasteiger partial charge on any atom is -0.544 e. The van der Waals surface area contributed by atoms with Crippen molar-refractivity contribution >= 4 is 40.7 Å². The van der Waals surface area contributed by atoms with Crippen molar-refractivity contribution in [2.45, 2.75) is 83.9 Å². The Labute approximate surface area is 301 Å². The van der Waals surface area contributed by atoms with Crippen LogP contribution in [0.3, 0.4) is 0 Å². The Morgan fingerprint density at radius 3 is 1.58 bits per heavy atom. The number of rotatable bonds is 14. The van der Waals surface area contributed by atoms with Gasteiger partial charge in [0.25, 0.3) is 0 Å². The SMILES string of the molecule is COc1ccc(C(CNC(=O)/C=C/c2ccc(O[Si](C)(C)C(C)(C)C)cc2)OC(=O)/C=C/c2ccc(O[Si](C)(C)C(C)(C)C)cc2)cc1OC. The molecule has 1 unspecified atom stereocenters. The number of carbonyl (C=O) groups excluding carboxylic acids is 2. The molecule has 0 saturated carbocycles. The zero-order valence-corrected chi connectivity index (χ0v) is 33.8. The summed E-state index contributed by atoms with van der Waals surface area (Å²) in [6, 6.07) is 20.6. The van der Waals surface area contributed by atoms with Gasteiger partial charge in [0.15, 0.2) is 11.5 Å². The Balaban J connectivity index is 1.69. The van der Waals surface area contributed by atoms with Crippen LogP contribution in [0.4, 0.5) is 0 Å². The van der Waals surface area contributed by atoms with Gasteiger partial charge in [0.05, 0.1) is 20.8 Å². The monoisotopic (exact) mass is 717 g/mol. The maximum atomic E-state index is 13.0. The molecule has 50 heavy (non-hydrogen) atoms. The molecule has 270 valence electrons. The summed E-state index contributed by atoms with van der Waals surface area (Å²) in [7, 11) is -0.831. The average molecular weight is 718 g/mol. The first-order chi connectivity index (χ1) is 23.2. The van der Waals surface area contributed by atoms with Crippen molar-refractivity contribution in [1.29, 1.82) is 0 Å². The predicted octanol–water partition coefficient (Wildman–Crippen LogP) is 9.60. The smallest absolute Gasteiger partial charge is 0.331 e. The Hall–Kier alpha value is -4.29. The summed E-state index contributed by atoms with van der Waals surface area (Å²) in [6.07, 6.45) is 5.45. The van der Waals surface area contributed by atoms with Gasteiger partial charge in [-0.2, -0.15) is 0 Å². The molecule has 0 heterocycles. The first-order valence-corrected chi connectivity index (χ1v) is 22.7. The summed E-state index contributed by atoms with van der Waals surface area (Å²) in [5.74, 6) is 1.75. The van der Waals surface area contributed by atoms with E-state index in [4.69, 9.17) is 23.1 Å². The number of hydrogen-bond acceptors (Lipinski definition) is 7. The lowest BCUT2D eigenvalue weighted by molar-refractivity contribution is -0.143. The van der Waals surface area contributed by atoms with Crippen molar-refractivity contribution in [1.82, 2.24) is 5.32 Å². The van der Waals surface area contributed by atoms with Crippen molar-refractivity contribution in [3.05, 3.63) is 95.6 Å². The highest BCUT2D eigenvalue weighted by Gasteiger charge is 2.39. The van der Waals surface area contributed by atoms with E-state index in [1.807, 2.05) is 48.5 Å². The fourth-order valence-electron chi connectivity index (χ4n) is 4.24. The molecule has 3 rings (SSSR count). The first kappa shape index (κ1) is 40.1. The third-order valence-corrected chi connectivity index (χ3v) is 18.2. The molecule has 0 spiro atoms. The van der Waals surface area contributed by atoms with Crippen LogP contribution < -0.4 is 23.6 Å². The van der Waals surface area contributed by atoms with Crippen LogP contribution in [-0.4, -0.2) is 49.3 Å². The van der Waals surface area contributed by atoms with Gasteiger partial charge >= 0.3 is 5.97 Å². The van der Waals surface area contributed by atoms with Crippen LogP contribution in [0.2, 0.25) is 36.3 Å². The Morgan fingerprint density at radius 1 is 0.680 bits per heavy atom. The minimum absolute atomic E-state index is 0.0387. The van der Waals surface area contributed by atoms with Gasteiger partial charge in [-0.15, -0.1) is 0 Å². The number of carbonyl (C=O) groups is 2. The van der Waals surface area contributed by atoms with Crippen LogP contribution in [0.1, 0.15) is 64.3 Å². The number of nitrogens with one attached hydrogen (secondary N) is 1. The largest absolute Gasteiger partial charge is 0.544 e. The fourth-order valence-corrected chi connectivity index (χ4v) is 6.30. The Bertz CT molecular complexity index is 1650. The van der Waals surface area contributed by atoms with Gasteiger partial charge in [0.1, 0.15) is 17.6 Å². The van der Waals surface area contributed by atoms with Gasteiger partial charge in [-0.3, -0.25) is 4.79 Å².